The molecule has 150 valence electrons. The van der Waals surface area contributed by atoms with Crippen LogP contribution in [0.25, 0.3) is 0 Å². The van der Waals surface area contributed by atoms with Crippen molar-refractivity contribution in [1.82, 2.24) is 10.4 Å². The van der Waals surface area contributed by atoms with Gasteiger partial charge in [0.05, 0.1) is 22.1 Å². The first-order chi connectivity index (χ1) is 14.0. The van der Waals surface area contributed by atoms with Gasteiger partial charge in [-0.1, -0.05) is 41.9 Å². The first-order valence-corrected chi connectivity index (χ1v) is 10.7. The zero-order valence-electron chi connectivity index (χ0n) is 15.8. The molecule has 0 aromatic heterocycles. The Morgan fingerprint density at radius 2 is 1.79 bits per heavy atom. The zero-order valence-corrected chi connectivity index (χ0v) is 17.4. The van der Waals surface area contributed by atoms with Crippen molar-refractivity contribution < 1.29 is 4.79 Å². The van der Waals surface area contributed by atoms with E-state index in [9.17, 15) is 4.79 Å². The Kier molecular flexibility index (Phi) is 5.80. The molecule has 2 aromatic carbocycles. The fourth-order valence-corrected chi connectivity index (χ4v) is 4.26. The van der Waals surface area contributed by atoms with Crippen LogP contribution in [0.3, 0.4) is 0 Å². The number of aliphatic imine (C=N–C) groups is 1. The molecule has 2 aromatic rings. The lowest BCUT2D eigenvalue weighted by atomic mass is 10.1. The summed E-state index contributed by atoms with van der Waals surface area (Å²) in [7, 11) is 0. The molecule has 2 aliphatic rings. The van der Waals surface area contributed by atoms with E-state index in [-0.39, 0.29) is 5.91 Å². The summed E-state index contributed by atoms with van der Waals surface area (Å²) in [6, 6.07) is 12.7. The highest BCUT2D eigenvalue weighted by Crippen LogP contribution is 2.38. The molecule has 0 aliphatic carbocycles. The van der Waals surface area contributed by atoms with E-state index in [1.807, 2.05) is 23.2 Å². The number of hydrogen-bond donors (Lipinski definition) is 3. The van der Waals surface area contributed by atoms with Crippen molar-refractivity contribution >= 4 is 40.7 Å². The minimum absolute atomic E-state index is 0.138. The zero-order chi connectivity index (χ0) is 20.4. The Morgan fingerprint density at radius 3 is 2.52 bits per heavy atom. The number of carbonyl (C=O) groups excluding carboxylic acids is 1. The molecule has 29 heavy (non-hydrogen) atoms. The highest BCUT2D eigenvalue weighted by Gasteiger charge is 2.20. The van der Waals surface area contributed by atoms with Crippen LogP contribution in [-0.4, -0.2) is 29.7 Å². The predicted octanol–water partition coefficient (Wildman–Crippen LogP) is 3.78. The summed E-state index contributed by atoms with van der Waals surface area (Å²) in [5, 5.41) is 3.08. The molecular weight excluding hydrogens is 406 g/mol. The number of thioether (sulfide) groups is 1. The van der Waals surface area contributed by atoms with Crippen molar-refractivity contribution in [3.05, 3.63) is 69.3 Å². The molecule has 6 nitrogen and oxygen atoms in total. The van der Waals surface area contributed by atoms with E-state index in [2.05, 4.69) is 5.43 Å². The second-order valence-corrected chi connectivity index (χ2v) is 8.54. The third kappa shape index (κ3) is 4.42. The van der Waals surface area contributed by atoms with Crippen LogP contribution in [-0.2, 0) is 0 Å². The van der Waals surface area contributed by atoms with Gasteiger partial charge in [0.25, 0.3) is 5.91 Å². The number of nitrogens with zero attached hydrogens (tertiary/aromatic N) is 2. The number of hydrazine groups is 1. The van der Waals surface area contributed by atoms with Crippen LogP contribution >= 0.6 is 23.4 Å². The molecule has 0 radical (unpaired) electrons. The van der Waals surface area contributed by atoms with Gasteiger partial charge in [-0.15, -0.1) is 0 Å². The quantitative estimate of drug-likeness (QED) is 0.692. The third-order valence-electron chi connectivity index (χ3n) is 4.93. The van der Waals surface area contributed by atoms with Crippen LogP contribution in [0.15, 0.2) is 63.1 Å². The van der Waals surface area contributed by atoms with Crippen molar-refractivity contribution in [1.29, 1.82) is 0 Å². The molecule has 1 saturated heterocycles. The lowest BCUT2D eigenvalue weighted by Crippen LogP contribution is -2.45. The number of carbonyl (C=O) groups is 1. The number of nitrogens with one attached hydrogen (secondary N) is 1. The van der Waals surface area contributed by atoms with Crippen molar-refractivity contribution in [3.63, 3.8) is 0 Å². The number of halogens is 1. The van der Waals surface area contributed by atoms with Crippen molar-refractivity contribution in [3.8, 4) is 0 Å². The molecule has 0 spiro atoms. The first kappa shape index (κ1) is 19.8. The highest BCUT2D eigenvalue weighted by atomic mass is 35.5. The second kappa shape index (κ2) is 8.49. The van der Waals surface area contributed by atoms with Gasteiger partial charge in [0.2, 0.25) is 0 Å². The lowest BCUT2D eigenvalue weighted by Gasteiger charge is -2.26. The van der Waals surface area contributed by atoms with E-state index in [4.69, 9.17) is 28.1 Å². The molecule has 4 rings (SSSR count). The van der Waals surface area contributed by atoms with Gasteiger partial charge in [-0.2, -0.15) is 0 Å². The van der Waals surface area contributed by atoms with Gasteiger partial charge in [0.1, 0.15) is 0 Å². The Balaban J connectivity index is 1.67. The highest BCUT2D eigenvalue weighted by molar-refractivity contribution is 8.03. The fraction of sp³-hybridized carbons (Fsp3) is 0.238. The molecule has 1 amide bonds. The van der Waals surface area contributed by atoms with E-state index in [1.54, 1.807) is 24.3 Å². The Hall–Kier alpha value is -2.48. The number of piperidine rings is 1. The molecule has 0 unspecified atom stereocenters. The molecule has 2 heterocycles. The van der Waals surface area contributed by atoms with Crippen molar-refractivity contribution in [2.75, 3.05) is 13.1 Å². The number of amides is 1. The van der Waals surface area contributed by atoms with E-state index < -0.39 is 0 Å². The summed E-state index contributed by atoms with van der Waals surface area (Å²) < 4.78 is 0. The Labute approximate surface area is 179 Å². The van der Waals surface area contributed by atoms with Crippen LogP contribution in [0.2, 0.25) is 5.02 Å². The topological polar surface area (TPSA) is 96.7 Å². The van der Waals surface area contributed by atoms with Crippen LogP contribution in [0.4, 0.5) is 5.69 Å². The normalized spacial score (nSPS) is 17.3. The van der Waals surface area contributed by atoms with Crippen LogP contribution in [0, 0.1) is 0 Å². The van der Waals surface area contributed by atoms with E-state index in [0.29, 0.717) is 32.7 Å². The summed E-state index contributed by atoms with van der Waals surface area (Å²) >= 11 is 7.35. The Bertz CT molecular complexity index is 997. The molecule has 0 bridgehead atoms. The fourth-order valence-electron chi connectivity index (χ4n) is 3.34. The molecule has 5 N–H and O–H groups in total. The summed E-state index contributed by atoms with van der Waals surface area (Å²) in [4.78, 5) is 18.3. The van der Waals surface area contributed by atoms with Crippen LogP contribution in [0.5, 0.6) is 0 Å². The van der Waals surface area contributed by atoms with Gasteiger partial charge in [-0.05, 0) is 43.2 Å². The molecule has 1 fully saturated rings. The summed E-state index contributed by atoms with van der Waals surface area (Å²) in [5.41, 5.74) is 18.5. The number of hydrogen-bond acceptors (Lipinski definition) is 6. The number of rotatable bonds is 3. The van der Waals surface area contributed by atoms with Gasteiger partial charge in [-0.3, -0.25) is 10.2 Å². The monoisotopic (exact) mass is 427 g/mol. The largest absolute Gasteiger partial charge is 0.395 e. The second-order valence-electron chi connectivity index (χ2n) is 7.02. The molecular formula is C21H22ClN5OS. The SMILES string of the molecule is NC1=C(N)C(c2ccc(Cl)cc2)=Nc2cc(C(=O)NN3CCCCC3)ccc2S1. The third-order valence-corrected chi connectivity index (χ3v) is 6.18. The minimum atomic E-state index is -0.138. The first-order valence-electron chi connectivity index (χ1n) is 9.49. The van der Waals surface area contributed by atoms with Crippen molar-refractivity contribution in [2.45, 2.75) is 24.2 Å². The average Bonchev–Trinajstić information content (AvgIpc) is 2.85. The predicted molar refractivity (Wildman–Crippen MR) is 118 cm³/mol. The molecule has 0 saturated carbocycles. The number of benzene rings is 2. The lowest BCUT2D eigenvalue weighted by molar-refractivity contribution is 0.0750. The van der Waals surface area contributed by atoms with E-state index in [1.165, 1.54) is 18.2 Å². The molecule has 8 heteroatoms. The summed E-state index contributed by atoms with van der Waals surface area (Å²) in [5.74, 6) is -0.138. The maximum atomic E-state index is 12.7. The maximum Gasteiger partial charge on any atom is 0.265 e. The van der Waals surface area contributed by atoms with Crippen molar-refractivity contribution in [2.24, 2.45) is 16.5 Å². The van der Waals surface area contributed by atoms with Gasteiger partial charge in [0, 0.05) is 34.1 Å². The average molecular weight is 428 g/mol. The van der Waals surface area contributed by atoms with Gasteiger partial charge in [-0.25, -0.2) is 10.0 Å². The van der Waals surface area contributed by atoms with E-state index in [0.717, 1.165) is 36.4 Å². The van der Waals surface area contributed by atoms with Gasteiger partial charge >= 0.3 is 0 Å². The number of allylic oxidation sites excluding steroid dienone is 1. The van der Waals surface area contributed by atoms with Crippen LogP contribution < -0.4 is 16.9 Å². The van der Waals surface area contributed by atoms with Gasteiger partial charge in [0.15, 0.2) is 0 Å². The summed E-state index contributed by atoms with van der Waals surface area (Å²) in [6.45, 7) is 1.75. The standard InChI is InChI=1S/C21H22ClN5OS/c22-15-7-4-13(5-8-15)19-18(23)20(24)29-17-9-6-14(12-16(17)25-19)21(28)26-27-10-2-1-3-11-27/h4-9,12H,1-3,10-11,23-24H2,(H,26,28). The smallest absolute Gasteiger partial charge is 0.265 e. The van der Waals surface area contributed by atoms with E-state index >= 15 is 0 Å². The maximum absolute atomic E-state index is 12.7. The minimum Gasteiger partial charge on any atom is -0.395 e. The Morgan fingerprint density at radius 1 is 1.07 bits per heavy atom. The number of fused-ring (bicyclic) bond motifs is 1. The van der Waals surface area contributed by atoms with Gasteiger partial charge < -0.3 is 11.5 Å². The summed E-state index contributed by atoms with van der Waals surface area (Å²) in [6.07, 6.45) is 3.40. The van der Waals surface area contributed by atoms with Crippen LogP contribution in [0.1, 0.15) is 35.2 Å². The number of nitrogens with two attached hydrogens (primary N) is 2. The molecule has 0 atom stereocenters. The molecule has 2 aliphatic heterocycles.